The Morgan fingerprint density at radius 2 is 1.04 bits per heavy atom. The summed E-state index contributed by atoms with van der Waals surface area (Å²) in [5.41, 5.74) is 1.28. The lowest BCUT2D eigenvalue weighted by Gasteiger charge is -2.13. The van der Waals surface area contributed by atoms with E-state index in [2.05, 4.69) is 10.6 Å². The van der Waals surface area contributed by atoms with Crippen LogP contribution >= 0.6 is 21.6 Å². The van der Waals surface area contributed by atoms with Crippen molar-refractivity contribution in [3.05, 3.63) is 59.7 Å². The molecule has 0 aromatic heterocycles. The van der Waals surface area contributed by atoms with Gasteiger partial charge in [-0.25, -0.2) is 0 Å². The zero-order valence-electron chi connectivity index (χ0n) is 15.4. The van der Waals surface area contributed by atoms with Gasteiger partial charge in [0.1, 0.15) is 0 Å². The van der Waals surface area contributed by atoms with Gasteiger partial charge in [-0.2, -0.15) is 0 Å². The fraction of sp³-hybridized carbons (Fsp3) is 0.300. The van der Waals surface area contributed by atoms with Gasteiger partial charge in [0.15, 0.2) is 0 Å². The smallest absolute Gasteiger partial charge is 0.252 e. The molecule has 0 aliphatic rings. The fourth-order valence-corrected chi connectivity index (χ4v) is 4.58. The largest absolute Gasteiger partial charge is 0.350 e. The fourth-order valence-electron chi connectivity index (χ4n) is 2.22. The minimum absolute atomic E-state index is 0.0775. The Hall–Kier alpha value is -1.92. The molecule has 2 aromatic carbocycles. The number of rotatable bonds is 7. The molecule has 0 spiro atoms. The van der Waals surface area contributed by atoms with Crippen LogP contribution in [0.3, 0.4) is 0 Å². The third-order valence-electron chi connectivity index (χ3n) is 3.32. The van der Waals surface area contributed by atoms with E-state index in [1.807, 2.05) is 76.2 Å². The Morgan fingerprint density at radius 3 is 1.38 bits per heavy atom. The minimum atomic E-state index is -0.0884. The molecule has 0 saturated carbocycles. The quantitative estimate of drug-likeness (QED) is 0.671. The molecule has 0 saturated heterocycles. The molecule has 0 unspecified atom stereocenters. The Bertz CT molecular complexity index is 710. The Morgan fingerprint density at radius 1 is 0.692 bits per heavy atom. The number of benzene rings is 2. The summed E-state index contributed by atoms with van der Waals surface area (Å²) in [7, 11) is 2.96. The molecule has 0 aliphatic heterocycles. The lowest BCUT2D eigenvalue weighted by Crippen LogP contribution is -2.30. The van der Waals surface area contributed by atoms with Crippen LogP contribution in [0.25, 0.3) is 0 Å². The zero-order chi connectivity index (χ0) is 19.1. The number of hydrogen-bond donors (Lipinski definition) is 2. The molecule has 0 bridgehead atoms. The predicted molar refractivity (Wildman–Crippen MR) is 110 cm³/mol. The topological polar surface area (TPSA) is 58.2 Å². The van der Waals surface area contributed by atoms with Gasteiger partial charge in [-0.15, -0.1) is 0 Å². The summed E-state index contributed by atoms with van der Waals surface area (Å²) in [6.45, 7) is 7.75. The second kappa shape index (κ2) is 9.69. The first-order valence-corrected chi connectivity index (χ1v) is 10.7. The number of carbonyl (C=O) groups is 2. The van der Waals surface area contributed by atoms with Crippen molar-refractivity contribution in [1.82, 2.24) is 10.6 Å². The predicted octanol–water partition coefficient (Wildman–Crippen LogP) is 4.76. The van der Waals surface area contributed by atoms with Crippen molar-refractivity contribution < 1.29 is 9.59 Å². The summed E-state index contributed by atoms with van der Waals surface area (Å²) in [4.78, 5) is 26.5. The van der Waals surface area contributed by atoms with Crippen LogP contribution in [0.2, 0.25) is 0 Å². The highest BCUT2D eigenvalue weighted by atomic mass is 33.1. The van der Waals surface area contributed by atoms with Gasteiger partial charge in [-0.05, 0) is 52.0 Å². The molecule has 0 atom stereocenters. The summed E-state index contributed by atoms with van der Waals surface area (Å²) in [6.07, 6.45) is 0. The maximum absolute atomic E-state index is 12.4. The van der Waals surface area contributed by atoms with E-state index >= 15 is 0 Å². The van der Waals surface area contributed by atoms with Crippen LogP contribution in [-0.4, -0.2) is 23.9 Å². The van der Waals surface area contributed by atoms with E-state index in [9.17, 15) is 9.59 Å². The first-order chi connectivity index (χ1) is 12.4. The Balaban J connectivity index is 2.18. The van der Waals surface area contributed by atoms with Gasteiger partial charge in [-0.3, -0.25) is 9.59 Å². The second-order valence-corrected chi connectivity index (χ2v) is 8.63. The van der Waals surface area contributed by atoms with Crippen molar-refractivity contribution in [2.24, 2.45) is 0 Å². The molecule has 0 radical (unpaired) electrons. The standard InChI is InChI=1S/C20H24N2O2S2/c1-13(2)21-19(23)15-9-5-7-11-17(15)25-26-18-12-8-6-10-16(18)20(24)22-14(3)4/h5-14H,1-4H3,(H,21,23)(H,22,24). The molecule has 2 N–H and O–H groups in total. The first-order valence-electron chi connectivity index (χ1n) is 8.52. The third kappa shape index (κ3) is 5.81. The second-order valence-electron chi connectivity index (χ2n) is 6.42. The molecule has 2 amide bonds. The van der Waals surface area contributed by atoms with E-state index in [0.717, 1.165) is 9.79 Å². The maximum atomic E-state index is 12.4. The maximum Gasteiger partial charge on any atom is 0.252 e. The van der Waals surface area contributed by atoms with Crippen LogP contribution in [0, 0.1) is 0 Å². The van der Waals surface area contributed by atoms with Gasteiger partial charge < -0.3 is 10.6 Å². The normalized spacial score (nSPS) is 10.8. The summed E-state index contributed by atoms with van der Waals surface area (Å²) in [6, 6.07) is 15.2. The monoisotopic (exact) mass is 388 g/mol. The van der Waals surface area contributed by atoms with Crippen LogP contribution in [0.4, 0.5) is 0 Å². The van der Waals surface area contributed by atoms with Gasteiger partial charge in [0.2, 0.25) is 0 Å². The van der Waals surface area contributed by atoms with Crippen LogP contribution < -0.4 is 10.6 Å². The first kappa shape index (κ1) is 20.4. The summed E-state index contributed by atoms with van der Waals surface area (Å²) in [5.74, 6) is -0.177. The van der Waals surface area contributed by atoms with E-state index in [1.165, 1.54) is 21.6 Å². The summed E-state index contributed by atoms with van der Waals surface area (Å²) < 4.78 is 0. The average Bonchev–Trinajstić information content (AvgIpc) is 2.59. The van der Waals surface area contributed by atoms with Crippen molar-refractivity contribution in [3.8, 4) is 0 Å². The van der Waals surface area contributed by atoms with E-state index in [0.29, 0.717) is 11.1 Å². The van der Waals surface area contributed by atoms with Crippen molar-refractivity contribution in [2.75, 3.05) is 0 Å². The molecule has 6 heteroatoms. The number of nitrogens with one attached hydrogen (secondary N) is 2. The van der Waals surface area contributed by atoms with Crippen LogP contribution in [0.5, 0.6) is 0 Å². The van der Waals surface area contributed by atoms with Crippen molar-refractivity contribution in [2.45, 2.75) is 49.6 Å². The summed E-state index contributed by atoms with van der Waals surface area (Å²) in [5, 5.41) is 5.85. The zero-order valence-corrected chi connectivity index (χ0v) is 17.0. The van der Waals surface area contributed by atoms with E-state index in [1.54, 1.807) is 0 Å². The average molecular weight is 389 g/mol. The SMILES string of the molecule is CC(C)NC(=O)c1ccccc1SSc1ccccc1C(=O)NC(C)C. The molecule has 0 heterocycles. The number of amides is 2. The molecular formula is C20H24N2O2S2. The van der Waals surface area contributed by atoms with Gasteiger partial charge >= 0.3 is 0 Å². The molecule has 26 heavy (non-hydrogen) atoms. The summed E-state index contributed by atoms with van der Waals surface area (Å²) >= 11 is 0. The molecule has 0 fully saturated rings. The molecular weight excluding hydrogens is 364 g/mol. The van der Waals surface area contributed by atoms with Crippen LogP contribution in [0.15, 0.2) is 58.3 Å². The number of carbonyl (C=O) groups excluding carboxylic acids is 2. The highest BCUT2D eigenvalue weighted by Gasteiger charge is 2.16. The molecule has 2 rings (SSSR count). The molecule has 2 aromatic rings. The Labute approximate surface area is 162 Å². The van der Waals surface area contributed by atoms with E-state index in [-0.39, 0.29) is 23.9 Å². The highest BCUT2D eigenvalue weighted by molar-refractivity contribution is 8.76. The molecule has 4 nitrogen and oxygen atoms in total. The van der Waals surface area contributed by atoms with Gasteiger partial charge in [0.25, 0.3) is 11.8 Å². The van der Waals surface area contributed by atoms with Gasteiger partial charge in [0, 0.05) is 21.9 Å². The lowest BCUT2D eigenvalue weighted by atomic mass is 10.2. The number of hydrogen-bond acceptors (Lipinski definition) is 4. The van der Waals surface area contributed by atoms with Crippen LogP contribution in [0.1, 0.15) is 48.4 Å². The van der Waals surface area contributed by atoms with Crippen molar-refractivity contribution in [1.29, 1.82) is 0 Å². The minimum Gasteiger partial charge on any atom is -0.350 e. The third-order valence-corrected chi connectivity index (χ3v) is 5.81. The Kier molecular flexibility index (Phi) is 7.60. The molecule has 0 aliphatic carbocycles. The van der Waals surface area contributed by atoms with Gasteiger partial charge in [0.05, 0.1) is 11.1 Å². The molecule has 138 valence electrons. The van der Waals surface area contributed by atoms with E-state index < -0.39 is 0 Å². The van der Waals surface area contributed by atoms with Gasteiger partial charge in [-0.1, -0.05) is 45.9 Å². The lowest BCUT2D eigenvalue weighted by molar-refractivity contribution is 0.0931. The highest BCUT2D eigenvalue weighted by Crippen LogP contribution is 2.40. The van der Waals surface area contributed by atoms with Crippen molar-refractivity contribution in [3.63, 3.8) is 0 Å². The van der Waals surface area contributed by atoms with Crippen LogP contribution in [-0.2, 0) is 0 Å². The van der Waals surface area contributed by atoms with E-state index in [4.69, 9.17) is 0 Å². The van der Waals surface area contributed by atoms with Crippen molar-refractivity contribution >= 4 is 33.4 Å².